The summed E-state index contributed by atoms with van der Waals surface area (Å²) in [5.74, 6) is -0.102. The Bertz CT molecular complexity index is 1180. The van der Waals surface area contributed by atoms with Crippen LogP contribution in [0.15, 0.2) is 66.9 Å². The highest BCUT2D eigenvalue weighted by molar-refractivity contribution is 5.94. The maximum absolute atomic E-state index is 12.8. The van der Waals surface area contributed by atoms with Gasteiger partial charge in [-0.15, -0.1) is 0 Å². The summed E-state index contributed by atoms with van der Waals surface area (Å²) in [7, 11) is 1.28. The number of carbonyl (C=O) groups excluding carboxylic acids is 2. The van der Waals surface area contributed by atoms with Crippen molar-refractivity contribution in [2.24, 2.45) is 5.92 Å². The first kappa shape index (κ1) is 27.7. The van der Waals surface area contributed by atoms with E-state index < -0.39 is 17.7 Å². The Morgan fingerprint density at radius 2 is 1.57 bits per heavy atom. The summed E-state index contributed by atoms with van der Waals surface area (Å²) in [5, 5.41) is 2.63. The predicted molar refractivity (Wildman–Crippen MR) is 133 cm³/mol. The van der Waals surface area contributed by atoms with E-state index in [1.807, 2.05) is 24.3 Å². The Hall–Kier alpha value is -3.88. The minimum absolute atomic E-state index is 0.0748. The number of nitrogens with one attached hydrogen (secondary N) is 1. The zero-order valence-electron chi connectivity index (χ0n) is 20.8. The maximum atomic E-state index is 12.8. The number of hydrogen-bond donors (Lipinski definition) is 1. The number of methoxy groups -OCH3 is 1. The lowest BCUT2D eigenvalue weighted by molar-refractivity contribution is -0.140. The average molecular weight is 515 g/mol. The van der Waals surface area contributed by atoms with Crippen LogP contribution >= 0.6 is 0 Å². The molecule has 3 rings (SSSR count). The van der Waals surface area contributed by atoms with E-state index in [4.69, 9.17) is 4.74 Å². The SMILES string of the molecule is COC(=O)CCNC(=O)c1ccc(OC(CC(C)C)c2ccc(-c3ccc(C(F)(F)F)cc3)cc2)nc1. The number of rotatable bonds is 10. The number of amides is 1. The van der Waals surface area contributed by atoms with Gasteiger partial charge in [0, 0.05) is 18.8 Å². The second kappa shape index (κ2) is 12.4. The van der Waals surface area contributed by atoms with Crippen LogP contribution in [0.1, 0.15) is 54.3 Å². The second-order valence-corrected chi connectivity index (χ2v) is 8.90. The van der Waals surface area contributed by atoms with Gasteiger partial charge in [0.05, 0.1) is 24.7 Å². The fourth-order valence-electron chi connectivity index (χ4n) is 3.63. The van der Waals surface area contributed by atoms with E-state index in [1.54, 1.807) is 12.1 Å². The molecule has 0 bridgehead atoms. The van der Waals surface area contributed by atoms with Gasteiger partial charge in [0.25, 0.3) is 5.91 Å². The summed E-state index contributed by atoms with van der Waals surface area (Å²) in [6, 6.07) is 15.7. The molecule has 0 spiro atoms. The number of nitrogens with zero attached hydrogens (tertiary/aromatic N) is 1. The first-order chi connectivity index (χ1) is 17.6. The number of pyridine rings is 1. The number of benzene rings is 2. The minimum atomic E-state index is -4.37. The van der Waals surface area contributed by atoms with Crippen molar-refractivity contribution in [2.75, 3.05) is 13.7 Å². The second-order valence-electron chi connectivity index (χ2n) is 8.90. The van der Waals surface area contributed by atoms with Gasteiger partial charge in [0.15, 0.2) is 0 Å². The lowest BCUT2D eigenvalue weighted by Gasteiger charge is -2.21. The number of esters is 1. The number of carbonyl (C=O) groups is 2. The molecule has 0 aliphatic rings. The molecule has 0 saturated carbocycles. The lowest BCUT2D eigenvalue weighted by atomic mass is 9.96. The molecule has 37 heavy (non-hydrogen) atoms. The molecular weight excluding hydrogens is 485 g/mol. The molecule has 1 aromatic heterocycles. The van der Waals surface area contributed by atoms with E-state index in [0.717, 1.165) is 23.3 Å². The summed E-state index contributed by atoms with van der Waals surface area (Å²) in [4.78, 5) is 27.7. The number of halogens is 3. The summed E-state index contributed by atoms with van der Waals surface area (Å²) in [6.07, 6.45) is -2.50. The van der Waals surface area contributed by atoms with E-state index in [1.165, 1.54) is 25.4 Å². The van der Waals surface area contributed by atoms with Gasteiger partial charge >= 0.3 is 12.1 Å². The third kappa shape index (κ3) is 8.06. The lowest BCUT2D eigenvalue weighted by Crippen LogP contribution is -2.26. The summed E-state index contributed by atoms with van der Waals surface area (Å²) < 4.78 is 49.2. The topological polar surface area (TPSA) is 77.5 Å². The third-order valence-electron chi connectivity index (χ3n) is 5.62. The molecule has 1 amide bonds. The number of alkyl halides is 3. The van der Waals surface area contributed by atoms with Crippen molar-refractivity contribution in [1.29, 1.82) is 0 Å². The van der Waals surface area contributed by atoms with Crippen molar-refractivity contribution < 1.29 is 32.2 Å². The van der Waals surface area contributed by atoms with E-state index in [2.05, 4.69) is 28.9 Å². The van der Waals surface area contributed by atoms with Gasteiger partial charge in [-0.1, -0.05) is 50.2 Å². The molecule has 0 radical (unpaired) electrons. The number of ether oxygens (including phenoxy) is 2. The highest BCUT2D eigenvalue weighted by atomic mass is 19.4. The molecule has 196 valence electrons. The van der Waals surface area contributed by atoms with E-state index >= 15 is 0 Å². The Morgan fingerprint density at radius 3 is 2.08 bits per heavy atom. The molecule has 1 N–H and O–H groups in total. The largest absolute Gasteiger partial charge is 0.469 e. The monoisotopic (exact) mass is 514 g/mol. The molecule has 9 heteroatoms. The van der Waals surface area contributed by atoms with Gasteiger partial charge in [-0.2, -0.15) is 13.2 Å². The van der Waals surface area contributed by atoms with Crippen molar-refractivity contribution >= 4 is 11.9 Å². The van der Waals surface area contributed by atoms with Crippen LogP contribution in [0.3, 0.4) is 0 Å². The van der Waals surface area contributed by atoms with Crippen LogP contribution in [0.5, 0.6) is 5.88 Å². The van der Waals surface area contributed by atoms with Crippen LogP contribution in [-0.2, 0) is 15.7 Å². The zero-order chi connectivity index (χ0) is 27.0. The standard InChI is InChI=1S/C28H29F3N2O4/c1-18(2)16-24(37-25-13-10-22(17-33-25)27(35)32-15-14-26(34)36-3)21-6-4-19(5-7-21)20-8-11-23(12-9-20)28(29,30)31/h4-13,17-18,24H,14-16H2,1-3H3,(H,32,35). The predicted octanol–water partition coefficient (Wildman–Crippen LogP) is 6.23. The molecule has 0 fully saturated rings. The third-order valence-corrected chi connectivity index (χ3v) is 5.62. The normalized spacial score (nSPS) is 12.2. The van der Waals surface area contributed by atoms with Crippen LogP contribution in [0.2, 0.25) is 0 Å². The number of hydrogen-bond acceptors (Lipinski definition) is 5. The van der Waals surface area contributed by atoms with Crippen molar-refractivity contribution in [3.63, 3.8) is 0 Å². The van der Waals surface area contributed by atoms with E-state index in [0.29, 0.717) is 29.3 Å². The van der Waals surface area contributed by atoms with Crippen molar-refractivity contribution in [1.82, 2.24) is 10.3 Å². The molecule has 1 heterocycles. The van der Waals surface area contributed by atoms with Crippen LogP contribution in [0.4, 0.5) is 13.2 Å². The summed E-state index contributed by atoms with van der Waals surface area (Å²) in [5.41, 5.74) is 2.02. The van der Waals surface area contributed by atoms with Crippen LogP contribution in [0.25, 0.3) is 11.1 Å². The van der Waals surface area contributed by atoms with E-state index in [9.17, 15) is 22.8 Å². The minimum Gasteiger partial charge on any atom is -0.469 e. The van der Waals surface area contributed by atoms with Gasteiger partial charge in [-0.3, -0.25) is 9.59 Å². The molecular formula is C28H29F3N2O4. The molecule has 0 saturated heterocycles. The van der Waals surface area contributed by atoms with E-state index in [-0.39, 0.29) is 25.0 Å². The van der Waals surface area contributed by atoms with Gasteiger partial charge in [-0.25, -0.2) is 4.98 Å². The maximum Gasteiger partial charge on any atom is 0.416 e. The van der Waals surface area contributed by atoms with Crippen LogP contribution in [0, 0.1) is 5.92 Å². The Labute approximate surface area is 213 Å². The zero-order valence-corrected chi connectivity index (χ0v) is 20.8. The Balaban J connectivity index is 1.68. The first-order valence-electron chi connectivity index (χ1n) is 11.8. The molecule has 1 unspecified atom stereocenters. The fourth-order valence-corrected chi connectivity index (χ4v) is 3.63. The average Bonchev–Trinajstić information content (AvgIpc) is 2.88. The summed E-state index contributed by atoms with van der Waals surface area (Å²) in [6.45, 7) is 4.30. The smallest absolute Gasteiger partial charge is 0.416 e. The molecule has 6 nitrogen and oxygen atoms in total. The fraction of sp³-hybridized carbons (Fsp3) is 0.321. The quantitative estimate of drug-likeness (QED) is 0.325. The van der Waals surface area contributed by atoms with Crippen molar-refractivity contribution in [3.8, 4) is 17.0 Å². The van der Waals surface area contributed by atoms with Gasteiger partial charge in [-0.05, 0) is 47.2 Å². The van der Waals surface area contributed by atoms with Gasteiger partial charge in [0.2, 0.25) is 5.88 Å². The number of aromatic nitrogens is 1. The van der Waals surface area contributed by atoms with Crippen molar-refractivity contribution in [2.45, 2.75) is 39.0 Å². The molecule has 2 aromatic carbocycles. The van der Waals surface area contributed by atoms with Crippen LogP contribution < -0.4 is 10.1 Å². The highest BCUT2D eigenvalue weighted by Gasteiger charge is 2.30. The first-order valence-corrected chi connectivity index (χ1v) is 11.8. The molecule has 0 aliphatic carbocycles. The molecule has 1 atom stereocenters. The Kier molecular flexibility index (Phi) is 9.27. The molecule has 0 aliphatic heterocycles. The van der Waals surface area contributed by atoms with Crippen LogP contribution in [-0.4, -0.2) is 30.5 Å². The molecule has 3 aromatic rings. The van der Waals surface area contributed by atoms with Gasteiger partial charge in [0.1, 0.15) is 6.10 Å². The summed E-state index contributed by atoms with van der Waals surface area (Å²) >= 11 is 0. The van der Waals surface area contributed by atoms with Crippen molar-refractivity contribution in [3.05, 3.63) is 83.6 Å². The highest BCUT2D eigenvalue weighted by Crippen LogP contribution is 2.32. The Morgan fingerprint density at radius 1 is 0.946 bits per heavy atom. The van der Waals surface area contributed by atoms with Gasteiger partial charge < -0.3 is 14.8 Å².